The lowest BCUT2D eigenvalue weighted by molar-refractivity contribution is -0.201. The van der Waals surface area contributed by atoms with Gasteiger partial charge in [0.2, 0.25) is 0 Å². The van der Waals surface area contributed by atoms with E-state index < -0.39 is 5.60 Å². The monoisotopic (exact) mass is 396 g/mol. The van der Waals surface area contributed by atoms with E-state index in [1.807, 2.05) is 13.0 Å². The molecule has 4 bridgehead atoms. The number of ether oxygens (including phenoxy) is 3. The van der Waals surface area contributed by atoms with Gasteiger partial charge in [-0.1, -0.05) is 23.4 Å². The Labute approximate surface area is 171 Å². The Balaban J connectivity index is 1.70. The molecule has 1 aromatic rings. The van der Waals surface area contributed by atoms with Crippen molar-refractivity contribution in [1.82, 2.24) is 4.90 Å². The highest BCUT2D eigenvalue weighted by molar-refractivity contribution is 5.87. The number of methoxy groups -OCH3 is 2. The van der Waals surface area contributed by atoms with Gasteiger partial charge in [-0.15, -0.1) is 0 Å². The van der Waals surface area contributed by atoms with Crippen LogP contribution in [0.5, 0.6) is 11.5 Å². The van der Waals surface area contributed by atoms with Gasteiger partial charge in [0.1, 0.15) is 11.7 Å². The van der Waals surface area contributed by atoms with Gasteiger partial charge in [-0.2, -0.15) is 0 Å². The number of hydrogen-bond acceptors (Lipinski definition) is 6. The van der Waals surface area contributed by atoms with Crippen LogP contribution in [-0.2, 0) is 16.6 Å². The summed E-state index contributed by atoms with van der Waals surface area (Å²) in [6.45, 7) is 2.94. The first-order valence-corrected chi connectivity index (χ1v) is 10.5. The minimum absolute atomic E-state index is 0.0310. The van der Waals surface area contributed by atoms with E-state index in [1.54, 1.807) is 14.2 Å². The van der Waals surface area contributed by atoms with Crippen molar-refractivity contribution in [3.05, 3.63) is 35.4 Å². The SMILES string of the molecule is COc1ccc2c3c1O[C@H]1[C@@]4(OC)C=C[C@@]5(C[C@@H]4/C(C)=N\O)[C@H](C2)N(C)CC[C@]315. The molecule has 0 unspecified atom stereocenters. The van der Waals surface area contributed by atoms with Crippen LogP contribution < -0.4 is 9.47 Å². The third kappa shape index (κ3) is 1.65. The van der Waals surface area contributed by atoms with Gasteiger partial charge in [0.05, 0.1) is 18.2 Å². The molecule has 2 heterocycles. The molecule has 6 aliphatic rings. The summed E-state index contributed by atoms with van der Waals surface area (Å²) in [5.41, 5.74) is 2.56. The fraction of sp³-hybridized carbons (Fsp3) is 0.609. The van der Waals surface area contributed by atoms with Crippen molar-refractivity contribution in [3.63, 3.8) is 0 Å². The molecule has 6 nitrogen and oxygen atoms in total. The summed E-state index contributed by atoms with van der Waals surface area (Å²) < 4.78 is 18.8. The summed E-state index contributed by atoms with van der Waals surface area (Å²) in [5.74, 6) is 1.66. The predicted octanol–water partition coefficient (Wildman–Crippen LogP) is 2.77. The van der Waals surface area contributed by atoms with Crippen molar-refractivity contribution in [2.24, 2.45) is 16.5 Å². The molecule has 1 aromatic carbocycles. The Morgan fingerprint density at radius 3 is 2.86 bits per heavy atom. The van der Waals surface area contributed by atoms with Crippen molar-refractivity contribution < 1.29 is 19.4 Å². The number of benzene rings is 1. The van der Waals surface area contributed by atoms with Crippen LogP contribution >= 0.6 is 0 Å². The first-order chi connectivity index (χ1) is 14.0. The Kier molecular flexibility index (Phi) is 3.28. The van der Waals surface area contributed by atoms with Crippen molar-refractivity contribution in [2.45, 2.75) is 49.3 Å². The normalized spacial score (nSPS) is 43.9. The summed E-state index contributed by atoms with van der Waals surface area (Å²) in [6.07, 6.45) is 7.39. The van der Waals surface area contributed by atoms with E-state index in [9.17, 15) is 5.21 Å². The van der Waals surface area contributed by atoms with Gasteiger partial charge in [0.25, 0.3) is 0 Å². The molecule has 2 aliphatic heterocycles. The van der Waals surface area contributed by atoms with Crippen LogP contribution in [0.1, 0.15) is 30.9 Å². The fourth-order valence-corrected chi connectivity index (χ4v) is 7.75. The van der Waals surface area contributed by atoms with Crippen molar-refractivity contribution in [1.29, 1.82) is 0 Å². The number of oxime groups is 1. The number of rotatable bonds is 3. The molecule has 1 saturated heterocycles. The second kappa shape index (κ2) is 5.35. The summed E-state index contributed by atoms with van der Waals surface area (Å²) in [4.78, 5) is 2.52. The summed E-state index contributed by atoms with van der Waals surface area (Å²) in [6, 6.07) is 4.66. The molecule has 7 rings (SSSR count). The van der Waals surface area contributed by atoms with Gasteiger partial charge in [-0.05, 0) is 51.4 Å². The highest BCUT2D eigenvalue weighted by Gasteiger charge is 2.79. The maximum absolute atomic E-state index is 9.68. The number of likely N-dealkylation sites (tertiary alicyclic amines) is 1. The second-order valence-electron chi connectivity index (χ2n) is 9.48. The average molecular weight is 396 g/mol. The van der Waals surface area contributed by atoms with Crippen LogP contribution in [0.4, 0.5) is 0 Å². The topological polar surface area (TPSA) is 63.5 Å². The smallest absolute Gasteiger partial charge is 0.166 e. The Morgan fingerprint density at radius 1 is 1.31 bits per heavy atom. The van der Waals surface area contributed by atoms with Crippen molar-refractivity contribution >= 4 is 5.71 Å². The molecule has 0 aromatic heterocycles. The molecule has 0 amide bonds. The van der Waals surface area contributed by atoms with E-state index in [4.69, 9.17) is 14.2 Å². The zero-order chi connectivity index (χ0) is 20.2. The van der Waals surface area contributed by atoms with Crippen LogP contribution in [-0.4, -0.2) is 61.4 Å². The number of piperidine rings is 1. The number of hydrogen-bond donors (Lipinski definition) is 1. The maximum atomic E-state index is 9.68. The van der Waals surface area contributed by atoms with Crippen LogP contribution in [0.25, 0.3) is 0 Å². The first kappa shape index (κ1) is 17.8. The summed E-state index contributed by atoms with van der Waals surface area (Å²) in [7, 11) is 5.72. The molecule has 2 spiro atoms. The van der Waals surface area contributed by atoms with E-state index in [1.165, 1.54) is 11.1 Å². The summed E-state index contributed by atoms with van der Waals surface area (Å²) >= 11 is 0. The molecular formula is C23H28N2O4. The molecule has 2 fully saturated rings. The quantitative estimate of drug-likeness (QED) is 0.368. The van der Waals surface area contributed by atoms with Gasteiger partial charge in [0, 0.05) is 30.0 Å². The van der Waals surface area contributed by atoms with Gasteiger partial charge in [-0.25, -0.2) is 0 Å². The van der Waals surface area contributed by atoms with E-state index in [2.05, 4.69) is 35.3 Å². The lowest BCUT2D eigenvalue weighted by atomic mass is 9.37. The third-order valence-corrected chi connectivity index (χ3v) is 8.94. The number of fused-ring (bicyclic) bond motifs is 1. The Morgan fingerprint density at radius 2 is 2.14 bits per heavy atom. The molecule has 6 heteroatoms. The van der Waals surface area contributed by atoms with E-state index in [0.717, 1.165) is 37.3 Å². The van der Waals surface area contributed by atoms with E-state index in [-0.39, 0.29) is 22.9 Å². The van der Waals surface area contributed by atoms with Gasteiger partial charge >= 0.3 is 0 Å². The Bertz CT molecular complexity index is 974. The molecule has 0 radical (unpaired) electrons. The second-order valence-corrected chi connectivity index (χ2v) is 9.48. The zero-order valence-electron chi connectivity index (χ0n) is 17.4. The maximum Gasteiger partial charge on any atom is 0.166 e. The number of likely N-dealkylation sites (N-methyl/N-ethyl adjacent to an activating group) is 1. The molecular weight excluding hydrogens is 368 g/mol. The standard InChI is InChI=1S/C23H28N2O4/c1-13(24-26)15-12-21-7-8-23(15,28-4)20-22(21)9-10-25(2)17(21)11-14-5-6-16(27-3)19(29-20)18(14)22/h5-8,15,17,20,26H,9-12H2,1-4H3/b24-13-/t15-,17+,20-,21-,22+,23-/m1/s1. The minimum atomic E-state index is -0.656. The highest BCUT2D eigenvalue weighted by atomic mass is 16.6. The molecule has 4 aliphatic carbocycles. The lowest BCUT2D eigenvalue weighted by Crippen LogP contribution is -2.79. The molecule has 1 N–H and O–H groups in total. The zero-order valence-corrected chi connectivity index (χ0v) is 17.4. The minimum Gasteiger partial charge on any atom is -0.493 e. The fourth-order valence-electron chi connectivity index (χ4n) is 7.75. The lowest BCUT2D eigenvalue weighted by Gasteiger charge is -2.71. The van der Waals surface area contributed by atoms with Crippen molar-refractivity contribution in [3.8, 4) is 11.5 Å². The van der Waals surface area contributed by atoms with E-state index in [0.29, 0.717) is 11.8 Å². The van der Waals surface area contributed by atoms with Gasteiger partial charge in [0.15, 0.2) is 11.5 Å². The third-order valence-electron chi connectivity index (χ3n) is 8.94. The summed E-state index contributed by atoms with van der Waals surface area (Å²) in [5, 5.41) is 13.3. The highest BCUT2D eigenvalue weighted by Crippen LogP contribution is 2.74. The predicted molar refractivity (Wildman–Crippen MR) is 108 cm³/mol. The van der Waals surface area contributed by atoms with Gasteiger partial charge < -0.3 is 24.3 Å². The number of nitrogens with zero attached hydrogens (tertiary/aromatic N) is 2. The van der Waals surface area contributed by atoms with Crippen LogP contribution in [0, 0.1) is 11.3 Å². The average Bonchev–Trinajstić information content (AvgIpc) is 3.12. The molecule has 154 valence electrons. The molecule has 29 heavy (non-hydrogen) atoms. The van der Waals surface area contributed by atoms with Gasteiger partial charge in [-0.3, -0.25) is 0 Å². The van der Waals surface area contributed by atoms with Crippen LogP contribution in [0.15, 0.2) is 29.4 Å². The molecule has 1 saturated carbocycles. The van der Waals surface area contributed by atoms with E-state index >= 15 is 0 Å². The largest absolute Gasteiger partial charge is 0.493 e. The Hall–Kier alpha value is -2.05. The van der Waals surface area contributed by atoms with Crippen molar-refractivity contribution in [2.75, 3.05) is 27.8 Å². The first-order valence-electron chi connectivity index (χ1n) is 10.5. The van der Waals surface area contributed by atoms with Crippen LogP contribution in [0.2, 0.25) is 0 Å². The van der Waals surface area contributed by atoms with Crippen LogP contribution in [0.3, 0.4) is 0 Å². The molecule has 6 atom stereocenters.